The molecule has 0 unspecified atom stereocenters. The molecule has 1 aliphatic rings. The first-order valence-corrected chi connectivity index (χ1v) is 10.7. The number of hydrogen-bond donors (Lipinski definition) is 0. The number of nitrogens with zero attached hydrogens (tertiary/aromatic N) is 2. The first-order chi connectivity index (χ1) is 11.9. The normalized spacial score (nSPS) is 15.4. The van der Waals surface area contributed by atoms with Gasteiger partial charge in [0.1, 0.15) is 0 Å². The Bertz CT molecular complexity index is 860. The van der Waals surface area contributed by atoms with E-state index in [4.69, 9.17) is 11.6 Å². The van der Waals surface area contributed by atoms with Crippen LogP contribution in [0.5, 0.6) is 0 Å². The van der Waals surface area contributed by atoms with Crippen molar-refractivity contribution in [1.29, 1.82) is 0 Å². The number of amides is 1. The first-order valence-electron chi connectivity index (χ1n) is 7.96. The second-order valence-electron chi connectivity index (χ2n) is 6.05. The van der Waals surface area contributed by atoms with Gasteiger partial charge in [-0.15, -0.1) is 0 Å². The molecule has 1 saturated heterocycles. The summed E-state index contributed by atoms with van der Waals surface area (Å²) >= 11 is 7.74. The van der Waals surface area contributed by atoms with Crippen LogP contribution in [-0.4, -0.2) is 43.7 Å². The number of halogens is 1. The molecule has 1 amide bonds. The van der Waals surface area contributed by atoms with Crippen molar-refractivity contribution in [2.75, 3.05) is 20.1 Å². The molecule has 0 atom stereocenters. The summed E-state index contributed by atoms with van der Waals surface area (Å²) < 4.78 is 26.9. The number of sulfonamides is 1. The van der Waals surface area contributed by atoms with Gasteiger partial charge in [0.25, 0.3) is 5.91 Å². The third kappa shape index (κ3) is 3.89. The fourth-order valence-corrected chi connectivity index (χ4v) is 5.24. The van der Waals surface area contributed by atoms with E-state index in [1.165, 1.54) is 27.4 Å². The van der Waals surface area contributed by atoms with E-state index in [0.717, 1.165) is 18.4 Å². The molecule has 5 nitrogen and oxygen atoms in total. The summed E-state index contributed by atoms with van der Waals surface area (Å²) in [5.41, 5.74) is 1.23. The standard InChI is InChI=1S/C17H19ClN2O3S2/c1-19(11-13-6-9-24-12-13)17(21)15-10-14(4-5-16(15)18)25(22,23)20-7-2-3-8-20/h4-6,9-10,12H,2-3,7-8,11H2,1H3. The van der Waals surface area contributed by atoms with Crippen LogP contribution in [0.2, 0.25) is 5.02 Å². The zero-order valence-corrected chi connectivity index (χ0v) is 16.2. The number of hydrogen-bond acceptors (Lipinski definition) is 4. The van der Waals surface area contributed by atoms with E-state index >= 15 is 0 Å². The van der Waals surface area contributed by atoms with Crippen molar-refractivity contribution >= 4 is 38.9 Å². The maximum absolute atomic E-state index is 12.7. The molecular weight excluding hydrogens is 380 g/mol. The van der Waals surface area contributed by atoms with Gasteiger partial charge in [-0.3, -0.25) is 4.79 Å². The minimum atomic E-state index is -3.58. The number of benzene rings is 1. The molecule has 0 radical (unpaired) electrons. The van der Waals surface area contributed by atoms with Crippen LogP contribution >= 0.6 is 22.9 Å². The Kier molecular flexibility index (Phi) is 5.48. The number of carbonyl (C=O) groups excluding carboxylic acids is 1. The first kappa shape index (κ1) is 18.4. The molecule has 1 aromatic carbocycles. The van der Waals surface area contributed by atoms with Gasteiger partial charge in [-0.25, -0.2) is 8.42 Å². The lowest BCUT2D eigenvalue weighted by atomic mass is 10.2. The molecule has 2 heterocycles. The van der Waals surface area contributed by atoms with E-state index in [1.54, 1.807) is 18.4 Å². The van der Waals surface area contributed by atoms with Gasteiger partial charge >= 0.3 is 0 Å². The van der Waals surface area contributed by atoms with E-state index < -0.39 is 10.0 Å². The predicted octanol–water partition coefficient (Wildman–Crippen LogP) is 3.46. The van der Waals surface area contributed by atoms with Crippen LogP contribution in [0, 0.1) is 0 Å². The minimum Gasteiger partial charge on any atom is -0.337 e. The quantitative estimate of drug-likeness (QED) is 0.774. The van der Waals surface area contributed by atoms with Crippen LogP contribution in [0.1, 0.15) is 28.8 Å². The van der Waals surface area contributed by atoms with Crippen LogP contribution in [-0.2, 0) is 16.6 Å². The average Bonchev–Trinajstić information content (AvgIpc) is 3.28. The van der Waals surface area contributed by atoms with E-state index in [2.05, 4.69) is 0 Å². The van der Waals surface area contributed by atoms with E-state index in [9.17, 15) is 13.2 Å². The maximum Gasteiger partial charge on any atom is 0.255 e. The van der Waals surface area contributed by atoms with Crippen LogP contribution < -0.4 is 0 Å². The SMILES string of the molecule is CN(Cc1ccsc1)C(=O)c1cc(S(=O)(=O)N2CCCC2)ccc1Cl. The largest absolute Gasteiger partial charge is 0.337 e. The van der Waals surface area contributed by atoms with Crippen LogP contribution in [0.15, 0.2) is 39.9 Å². The maximum atomic E-state index is 12.7. The van der Waals surface area contributed by atoms with Gasteiger partial charge in [0.05, 0.1) is 15.5 Å². The number of carbonyl (C=O) groups is 1. The van der Waals surface area contributed by atoms with Crippen LogP contribution in [0.4, 0.5) is 0 Å². The van der Waals surface area contributed by atoms with Crippen molar-refractivity contribution in [3.63, 3.8) is 0 Å². The van der Waals surface area contributed by atoms with Crippen LogP contribution in [0.25, 0.3) is 0 Å². The molecule has 25 heavy (non-hydrogen) atoms. The second kappa shape index (κ2) is 7.45. The zero-order valence-electron chi connectivity index (χ0n) is 13.8. The molecule has 0 aliphatic carbocycles. The molecule has 1 aromatic heterocycles. The van der Waals surface area contributed by atoms with Gasteiger partial charge < -0.3 is 4.90 Å². The number of rotatable bonds is 5. The second-order valence-corrected chi connectivity index (χ2v) is 9.17. The third-order valence-corrected chi connectivity index (χ3v) is 7.17. The Hall–Kier alpha value is -1.41. The Labute approximate surface area is 156 Å². The molecule has 0 N–H and O–H groups in total. The lowest BCUT2D eigenvalue weighted by Crippen LogP contribution is -2.29. The molecule has 1 fully saturated rings. The van der Waals surface area contributed by atoms with E-state index in [1.807, 2.05) is 16.8 Å². The Morgan fingerprint density at radius 1 is 1.28 bits per heavy atom. The summed E-state index contributed by atoms with van der Waals surface area (Å²) in [5, 5.41) is 4.17. The summed E-state index contributed by atoms with van der Waals surface area (Å²) in [4.78, 5) is 14.4. The van der Waals surface area contributed by atoms with Gasteiger partial charge in [-0.05, 0) is 53.4 Å². The topological polar surface area (TPSA) is 57.7 Å². The Balaban J connectivity index is 1.87. The zero-order chi connectivity index (χ0) is 18.0. The molecule has 0 saturated carbocycles. The lowest BCUT2D eigenvalue weighted by molar-refractivity contribution is 0.0785. The van der Waals surface area contributed by atoms with Crippen molar-refractivity contribution in [2.45, 2.75) is 24.3 Å². The molecule has 134 valence electrons. The molecule has 0 bridgehead atoms. The smallest absolute Gasteiger partial charge is 0.255 e. The van der Waals surface area contributed by atoms with Crippen molar-refractivity contribution in [2.24, 2.45) is 0 Å². The van der Waals surface area contributed by atoms with Crippen molar-refractivity contribution in [3.05, 3.63) is 51.2 Å². The molecule has 8 heteroatoms. The summed E-state index contributed by atoms with van der Waals surface area (Å²) in [6.07, 6.45) is 1.73. The molecule has 3 rings (SSSR count). The summed E-state index contributed by atoms with van der Waals surface area (Å²) in [6, 6.07) is 6.29. The highest BCUT2D eigenvalue weighted by atomic mass is 35.5. The molecule has 1 aliphatic heterocycles. The fraction of sp³-hybridized carbons (Fsp3) is 0.353. The average molecular weight is 399 g/mol. The highest BCUT2D eigenvalue weighted by molar-refractivity contribution is 7.89. The highest BCUT2D eigenvalue weighted by Gasteiger charge is 2.28. The van der Waals surface area contributed by atoms with Crippen molar-refractivity contribution < 1.29 is 13.2 Å². The van der Waals surface area contributed by atoms with E-state index in [0.29, 0.717) is 19.6 Å². The van der Waals surface area contributed by atoms with Gasteiger partial charge in [0.2, 0.25) is 10.0 Å². The van der Waals surface area contributed by atoms with Gasteiger partial charge in [-0.2, -0.15) is 15.6 Å². The minimum absolute atomic E-state index is 0.117. The summed E-state index contributed by atoms with van der Waals surface area (Å²) in [7, 11) is -1.90. The molecular formula is C17H19ClN2O3S2. The third-order valence-electron chi connectivity index (χ3n) is 4.22. The van der Waals surface area contributed by atoms with Gasteiger partial charge in [0, 0.05) is 26.7 Å². The van der Waals surface area contributed by atoms with Crippen molar-refractivity contribution in [3.8, 4) is 0 Å². The Morgan fingerprint density at radius 2 is 2.00 bits per heavy atom. The summed E-state index contributed by atoms with van der Waals surface area (Å²) in [5.74, 6) is -0.297. The van der Waals surface area contributed by atoms with Crippen LogP contribution in [0.3, 0.4) is 0 Å². The Morgan fingerprint density at radius 3 is 2.64 bits per heavy atom. The predicted molar refractivity (Wildman–Crippen MR) is 99.6 cm³/mol. The monoisotopic (exact) mass is 398 g/mol. The van der Waals surface area contributed by atoms with E-state index in [-0.39, 0.29) is 21.4 Å². The lowest BCUT2D eigenvalue weighted by Gasteiger charge is -2.19. The van der Waals surface area contributed by atoms with Gasteiger partial charge in [-0.1, -0.05) is 11.6 Å². The highest BCUT2D eigenvalue weighted by Crippen LogP contribution is 2.26. The fourth-order valence-electron chi connectivity index (χ4n) is 2.84. The van der Waals surface area contributed by atoms with Crippen molar-refractivity contribution in [1.82, 2.24) is 9.21 Å². The van der Waals surface area contributed by atoms with Gasteiger partial charge in [0.15, 0.2) is 0 Å². The number of thiophene rings is 1. The summed E-state index contributed by atoms with van der Waals surface area (Å²) in [6.45, 7) is 1.49. The molecule has 2 aromatic rings. The molecule has 0 spiro atoms.